The van der Waals surface area contributed by atoms with Crippen LogP contribution in [0.5, 0.6) is 5.75 Å². The molecule has 1 unspecified atom stereocenters. The Labute approximate surface area is 98.2 Å². The van der Waals surface area contributed by atoms with Crippen molar-refractivity contribution in [2.75, 3.05) is 13.1 Å². The smallest absolute Gasteiger partial charge is 0.261 e. The molecule has 0 saturated heterocycles. The van der Waals surface area contributed by atoms with Gasteiger partial charge in [-0.3, -0.25) is 4.79 Å². The van der Waals surface area contributed by atoms with E-state index in [-0.39, 0.29) is 12.5 Å². The summed E-state index contributed by atoms with van der Waals surface area (Å²) in [5, 5.41) is 6.00. The third kappa shape index (κ3) is 2.68. The van der Waals surface area contributed by atoms with Crippen molar-refractivity contribution < 1.29 is 9.53 Å². The van der Waals surface area contributed by atoms with Crippen LogP contribution in [0, 0.1) is 0 Å². The van der Waals surface area contributed by atoms with Crippen molar-refractivity contribution in [3.8, 4) is 5.75 Å². The van der Waals surface area contributed by atoms with Gasteiger partial charge in [-0.15, -0.1) is 0 Å². The number of benzene rings is 1. The van der Waals surface area contributed by atoms with Gasteiger partial charge in [0.15, 0.2) is 6.10 Å². The van der Waals surface area contributed by atoms with Crippen LogP contribution in [0.3, 0.4) is 0 Å². The van der Waals surface area contributed by atoms with Gasteiger partial charge < -0.3 is 10.1 Å². The van der Waals surface area contributed by atoms with Crippen LogP contribution in [-0.2, 0) is 11.2 Å². The maximum atomic E-state index is 11.7. The van der Waals surface area contributed by atoms with Crippen LogP contribution in [-0.4, -0.2) is 25.1 Å². The first-order valence-corrected chi connectivity index (χ1v) is 5.34. The number of nitrogens with one attached hydrogen (secondary N) is 1. The van der Waals surface area contributed by atoms with E-state index in [9.17, 15) is 4.79 Å². The highest BCUT2D eigenvalue weighted by atomic mass is 16.5. The van der Waals surface area contributed by atoms with Crippen LogP contribution in [0.1, 0.15) is 5.56 Å². The Hall–Kier alpha value is -2.20. The maximum absolute atomic E-state index is 11.7. The van der Waals surface area contributed by atoms with E-state index in [0.29, 0.717) is 13.0 Å². The van der Waals surface area contributed by atoms with Crippen molar-refractivity contribution in [1.82, 2.24) is 5.32 Å². The minimum atomic E-state index is -0.474. The summed E-state index contributed by atoms with van der Waals surface area (Å²) in [4.78, 5) is 14.3. The Morgan fingerprint density at radius 1 is 1.59 bits per heavy atom. The number of para-hydroxylation sites is 1. The monoisotopic (exact) mass is 232 g/mol. The van der Waals surface area contributed by atoms with E-state index in [0.717, 1.165) is 11.3 Å². The number of hydrogen-bond acceptors (Lipinski definition) is 3. The molecular weight excluding hydrogens is 220 g/mol. The van der Waals surface area contributed by atoms with Gasteiger partial charge in [-0.1, -0.05) is 23.3 Å². The molecule has 6 heteroatoms. The van der Waals surface area contributed by atoms with Gasteiger partial charge in [0.25, 0.3) is 5.91 Å². The lowest BCUT2D eigenvalue weighted by Gasteiger charge is -2.10. The zero-order valence-corrected chi connectivity index (χ0v) is 9.17. The van der Waals surface area contributed by atoms with E-state index in [1.807, 2.05) is 24.3 Å². The summed E-state index contributed by atoms with van der Waals surface area (Å²) in [7, 11) is 0. The van der Waals surface area contributed by atoms with Gasteiger partial charge in [-0.2, -0.15) is 0 Å². The molecule has 1 aliphatic rings. The fraction of sp³-hybridized carbons (Fsp3) is 0.364. The van der Waals surface area contributed by atoms with Gasteiger partial charge in [-0.05, 0) is 17.2 Å². The molecule has 1 aliphatic heterocycles. The summed E-state index contributed by atoms with van der Waals surface area (Å²) in [5.41, 5.74) is 9.13. The predicted molar refractivity (Wildman–Crippen MR) is 61.6 cm³/mol. The van der Waals surface area contributed by atoms with E-state index >= 15 is 0 Å². The average Bonchev–Trinajstić information content (AvgIpc) is 2.78. The minimum absolute atomic E-state index is 0.172. The maximum Gasteiger partial charge on any atom is 0.261 e. The van der Waals surface area contributed by atoms with Crippen molar-refractivity contribution in [2.24, 2.45) is 5.11 Å². The van der Waals surface area contributed by atoms with Gasteiger partial charge >= 0.3 is 0 Å². The summed E-state index contributed by atoms with van der Waals surface area (Å²) in [5.74, 6) is 0.594. The Balaban J connectivity index is 1.85. The lowest BCUT2D eigenvalue weighted by atomic mass is 10.1. The van der Waals surface area contributed by atoms with Gasteiger partial charge in [0.2, 0.25) is 0 Å². The zero-order valence-electron chi connectivity index (χ0n) is 9.17. The van der Waals surface area contributed by atoms with E-state index in [1.54, 1.807) is 0 Å². The molecule has 0 aliphatic carbocycles. The van der Waals surface area contributed by atoms with Crippen LogP contribution < -0.4 is 10.1 Å². The van der Waals surface area contributed by atoms with Gasteiger partial charge in [0.1, 0.15) is 5.75 Å². The second kappa shape index (κ2) is 5.23. The summed E-state index contributed by atoms with van der Waals surface area (Å²) in [6.07, 6.45) is 0.113. The Morgan fingerprint density at radius 3 is 3.18 bits per heavy atom. The molecule has 88 valence electrons. The standard InChI is InChI=1S/C11H12N4O2/c12-15-14-6-5-13-11(16)10-7-8-3-1-2-4-9(8)17-10/h1-4,10H,5-7H2,(H,13,16). The molecule has 1 atom stereocenters. The molecule has 6 nitrogen and oxygen atoms in total. The fourth-order valence-corrected chi connectivity index (χ4v) is 1.72. The SMILES string of the molecule is [N-]=[N+]=NCCNC(=O)C1Cc2ccccc2O1. The molecule has 1 N–H and O–H groups in total. The first-order chi connectivity index (χ1) is 8.31. The first-order valence-electron chi connectivity index (χ1n) is 5.34. The molecule has 0 fully saturated rings. The number of amides is 1. The Morgan fingerprint density at radius 2 is 2.41 bits per heavy atom. The summed E-state index contributed by atoms with van der Waals surface area (Å²) >= 11 is 0. The third-order valence-corrected chi connectivity index (χ3v) is 2.51. The van der Waals surface area contributed by atoms with Crippen LogP contribution >= 0.6 is 0 Å². The Bertz CT molecular complexity index is 443. The van der Waals surface area contributed by atoms with Crippen molar-refractivity contribution in [3.05, 3.63) is 40.3 Å². The lowest BCUT2D eigenvalue weighted by molar-refractivity contribution is -0.127. The first kappa shape index (κ1) is 11.3. The highest BCUT2D eigenvalue weighted by Crippen LogP contribution is 2.27. The number of azide groups is 1. The summed E-state index contributed by atoms with van der Waals surface area (Å²) in [6.45, 7) is 0.584. The number of rotatable bonds is 4. The molecular formula is C11H12N4O2. The van der Waals surface area contributed by atoms with Gasteiger partial charge in [-0.25, -0.2) is 0 Å². The van der Waals surface area contributed by atoms with E-state index in [2.05, 4.69) is 15.3 Å². The van der Waals surface area contributed by atoms with Crippen molar-refractivity contribution in [1.29, 1.82) is 0 Å². The molecule has 1 heterocycles. The Kier molecular flexibility index (Phi) is 3.47. The highest BCUT2D eigenvalue weighted by molar-refractivity contribution is 5.82. The number of carbonyl (C=O) groups is 1. The average molecular weight is 232 g/mol. The second-order valence-corrected chi connectivity index (χ2v) is 3.66. The lowest BCUT2D eigenvalue weighted by Crippen LogP contribution is -2.38. The van der Waals surface area contributed by atoms with Crippen LogP contribution in [0.4, 0.5) is 0 Å². The normalized spacial score (nSPS) is 16.6. The number of hydrogen-bond donors (Lipinski definition) is 1. The molecule has 2 rings (SSSR count). The molecule has 0 bridgehead atoms. The van der Waals surface area contributed by atoms with E-state index in [1.165, 1.54) is 0 Å². The number of nitrogens with zero attached hydrogens (tertiary/aromatic N) is 3. The van der Waals surface area contributed by atoms with Crippen molar-refractivity contribution in [2.45, 2.75) is 12.5 Å². The number of carbonyl (C=O) groups excluding carboxylic acids is 1. The molecule has 0 saturated carbocycles. The molecule has 1 amide bonds. The minimum Gasteiger partial charge on any atom is -0.480 e. The zero-order chi connectivity index (χ0) is 12.1. The molecule has 0 radical (unpaired) electrons. The predicted octanol–water partition coefficient (Wildman–Crippen LogP) is 1.42. The van der Waals surface area contributed by atoms with Gasteiger partial charge in [0.05, 0.1) is 0 Å². The topological polar surface area (TPSA) is 87.1 Å². The molecule has 0 spiro atoms. The molecule has 17 heavy (non-hydrogen) atoms. The summed E-state index contributed by atoms with van der Waals surface area (Å²) < 4.78 is 5.51. The fourth-order valence-electron chi connectivity index (χ4n) is 1.72. The summed E-state index contributed by atoms with van der Waals surface area (Å²) in [6, 6.07) is 7.59. The van der Waals surface area contributed by atoms with Crippen LogP contribution in [0.25, 0.3) is 10.4 Å². The largest absolute Gasteiger partial charge is 0.480 e. The molecule has 1 aromatic carbocycles. The van der Waals surface area contributed by atoms with Crippen molar-refractivity contribution in [3.63, 3.8) is 0 Å². The van der Waals surface area contributed by atoms with Crippen LogP contribution in [0.2, 0.25) is 0 Å². The second-order valence-electron chi connectivity index (χ2n) is 3.66. The molecule has 1 aromatic rings. The third-order valence-electron chi connectivity index (χ3n) is 2.51. The van der Waals surface area contributed by atoms with Crippen molar-refractivity contribution >= 4 is 5.91 Å². The van der Waals surface area contributed by atoms with Gasteiger partial charge in [0, 0.05) is 24.4 Å². The van der Waals surface area contributed by atoms with Crippen LogP contribution in [0.15, 0.2) is 29.4 Å². The van der Waals surface area contributed by atoms with E-state index < -0.39 is 6.10 Å². The van der Waals surface area contributed by atoms with E-state index in [4.69, 9.17) is 10.3 Å². The quantitative estimate of drug-likeness (QED) is 0.368. The number of ether oxygens (including phenoxy) is 1. The highest BCUT2D eigenvalue weighted by Gasteiger charge is 2.28. The molecule has 0 aromatic heterocycles. The number of fused-ring (bicyclic) bond motifs is 1.